The van der Waals surface area contributed by atoms with Crippen molar-refractivity contribution in [3.05, 3.63) is 0 Å². The number of nitrogens with one attached hydrogen (secondary N) is 1. The molecule has 0 aromatic carbocycles. The molecular formula is C12H22N2O3S2. The van der Waals surface area contributed by atoms with E-state index in [1.807, 2.05) is 11.8 Å². The SMILES string of the molecule is CC1(C)CN(C(=O)CC2CSCCN2)CCS1(=O)=O. The van der Waals surface area contributed by atoms with Crippen LogP contribution in [-0.4, -0.2) is 66.9 Å². The van der Waals surface area contributed by atoms with Gasteiger partial charge in [0.1, 0.15) is 0 Å². The van der Waals surface area contributed by atoms with Gasteiger partial charge in [0, 0.05) is 43.6 Å². The number of rotatable bonds is 2. The van der Waals surface area contributed by atoms with E-state index in [1.54, 1.807) is 18.7 Å². The molecule has 2 rings (SSSR count). The number of carbonyl (C=O) groups is 1. The predicted octanol–water partition coefficient (Wildman–Crippen LogP) is 0.117. The number of sulfone groups is 1. The van der Waals surface area contributed by atoms with E-state index in [0.717, 1.165) is 18.1 Å². The summed E-state index contributed by atoms with van der Waals surface area (Å²) in [5, 5.41) is 3.34. The average Bonchev–Trinajstić information content (AvgIpc) is 2.34. The lowest BCUT2D eigenvalue weighted by atomic mass is 10.1. The van der Waals surface area contributed by atoms with Crippen LogP contribution in [0.2, 0.25) is 0 Å². The lowest BCUT2D eigenvalue weighted by Crippen LogP contribution is -2.55. The fourth-order valence-corrected chi connectivity index (χ4v) is 4.76. The Morgan fingerprint density at radius 1 is 1.47 bits per heavy atom. The molecule has 2 aliphatic rings. The van der Waals surface area contributed by atoms with Gasteiger partial charge in [0.2, 0.25) is 5.91 Å². The van der Waals surface area contributed by atoms with Crippen molar-refractivity contribution in [2.75, 3.05) is 36.9 Å². The van der Waals surface area contributed by atoms with E-state index in [-0.39, 0.29) is 17.7 Å². The highest BCUT2D eigenvalue weighted by Crippen LogP contribution is 2.24. The number of carbonyl (C=O) groups excluding carboxylic acids is 1. The van der Waals surface area contributed by atoms with Crippen LogP contribution < -0.4 is 5.32 Å². The van der Waals surface area contributed by atoms with Gasteiger partial charge in [-0.25, -0.2) is 8.42 Å². The van der Waals surface area contributed by atoms with Crippen LogP contribution in [0, 0.1) is 0 Å². The van der Waals surface area contributed by atoms with Crippen molar-refractivity contribution in [2.24, 2.45) is 0 Å². The molecule has 1 atom stereocenters. The van der Waals surface area contributed by atoms with Crippen LogP contribution in [0.1, 0.15) is 20.3 Å². The standard InChI is InChI=1S/C12H22N2O3S2/c1-12(2)9-14(4-6-19(12,16)17)11(15)7-10-8-18-5-3-13-10/h10,13H,3-9H2,1-2H3. The molecule has 2 heterocycles. The molecule has 1 amide bonds. The lowest BCUT2D eigenvalue weighted by molar-refractivity contribution is -0.132. The van der Waals surface area contributed by atoms with Crippen LogP contribution in [-0.2, 0) is 14.6 Å². The molecule has 2 aliphatic heterocycles. The second kappa shape index (κ2) is 5.61. The summed E-state index contributed by atoms with van der Waals surface area (Å²) in [5.41, 5.74) is 0. The molecule has 0 aromatic rings. The van der Waals surface area contributed by atoms with E-state index < -0.39 is 14.6 Å². The highest BCUT2D eigenvalue weighted by molar-refractivity contribution is 7.99. The fourth-order valence-electron chi connectivity index (χ4n) is 2.45. The summed E-state index contributed by atoms with van der Waals surface area (Å²) < 4.78 is 23.0. The summed E-state index contributed by atoms with van der Waals surface area (Å²) in [6.45, 7) is 5.01. The Morgan fingerprint density at radius 3 is 2.79 bits per heavy atom. The van der Waals surface area contributed by atoms with E-state index in [9.17, 15) is 13.2 Å². The Morgan fingerprint density at radius 2 is 2.21 bits per heavy atom. The predicted molar refractivity (Wildman–Crippen MR) is 78.2 cm³/mol. The first-order valence-corrected chi connectivity index (χ1v) is 9.44. The van der Waals surface area contributed by atoms with Crippen molar-refractivity contribution in [3.8, 4) is 0 Å². The van der Waals surface area contributed by atoms with E-state index in [1.165, 1.54) is 0 Å². The van der Waals surface area contributed by atoms with Crippen molar-refractivity contribution in [3.63, 3.8) is 0 Å². The van der Waals surface area contributed by atoms with Gasteiger partial charge in [-0.05, 0) is 13.8 Å². The van der Waals surface area contributed by atoms with Gasteiger partial charge in [0.25, 0.3) is 0 Å². The molecular weight excluding hydrogens is 284 g/mol. The van der Waals surface area contributed by atoms with E-state index >= 15 is 0 Å². The Balaban J connectivity index is 1.93. The third-order valence-corrected chi connectivity index (χ3v) is 7.48. The largest absolute Gasteiger partial charge is 0.340 e. The number of thioether (sulfide) groups is 1. The summed E-state index contributed by atoms with van der Waals surface area (Å²) >= 11 is 1.86. The third kappa shape index (κ3) is 3.44. The van der Waals surface area contributed by atoms with Crippen LogP contribution >= 0.6 is 11.8 Å². The zero-order valence-electron chi connectivity index (χ0n) is 11.5. The Hall–Kier alpha value is -0.270. The average molecular weight is 306 g/mol. The van der Waals surface area contributed by atoms with Gasteiger partial charge in [-0.15, -0.1) is 0 Å². The van der Waals surface area contributed by atoms with Gasteiger partial charge in [0.15, 0.2) is 9.84 Å². The Kier molecular flexibility index (Phi) is 4.47. The molecule has 1 unspecified atom stereocenters. The van der Waals surface area contributed by atoms with Gasteiger partial charge in [0.05, 0.1) is 10.5 Å². The zero-order valence-corrected chi connectivity index (χ0v) is 13.1. The number of amides is 1. The molecule has 5 nitrogen and oxygen atoms in total. The van der Waals surface area contributed by atoms with E-state index in [2.05, 4.69) is 5.32 Å². The highest BCUT2D eigenvalue weighted by atomic mass is 32.2. The molecule has 0 radical (unpaired) electrons. The molecule has 2 saturated heterocycles. The third-order valence-electron chi connectivity index (χ3n) is 3.82. The van der Waals surface area contributed by atoms with Gasteiger partial charge >= 0.3 is 0 Å². The van der Waals surface area contributed by atoms with Crippen molar-refractivity contribution < 1.29 is 13.2 Å². The molecule has 0 saturated carbocycles. The quantitative estimate of drug-likeness (QED) is 0.785. The van der Waals surface area contributed by atoms with Crippen LogP contribution in [0.5, 0.6) is 0 Å². The van der Waals surface area contributed by atoms with Crippen molar-refractivity contribution in [1.29, 1.82) is 0 Å². The minimum Gasteiger partial charge on any atom is -0.340 e. The van der Waals surface area contributed by atoms with E-state index in [0.29, 0.717) is 19.5 Å². The first-order chi connectivity index (χ1) is 8.82. The first kappa shape index (κ1) is 15.1. The first-order valence-electron chi connectivity index (χ1n) is 6.63. The Bertz CT molecular complexity index is 442. The van der Waals surface area contributed by atoms with Crippen LogP contribution in [0.3, 0.4) is 0 Å². The maximum atomic E-state index is 12.2. The van der Waals surface area contributed by atoms with Crippen LogP contribution in [0.4, 0.5) is 0 Å². The van der Waals surface area contributed by atoms with Gasteiger partial charge in [-0.1, -0.05) is 0 Å². The minimum absolute atomic E-state index is 0.0722. The van der Waals surface area contributed by atoms with Crippen LogP contribution in [0.25, 0.3) is 0 Å². The van der Waals surface area contributed by atoms with Crippen molar-refractivity contribution in [1.82, 2.24) is 10.2 Å². The fraction of sp³-hybridized carbons (Fsp3) is 0.917. The smallest absolute Gasteiger partial charge is 0.224 e. The second-order valence-electron chi connectivity index (χ2n) is 5.82. The maximum Gasteiger partial charge on any atom is 0.224 e. The van der Waals surface area contributed by atoms with Gasteiger partial charge in [-0.3, -0.25) is 4.79 Å². The zero-order chi connectivity index (χ0) is 14.1. The number of hydrogen-bond donors (Lipinski definition) is 1. The maximum absolute atomic E-state index is 12.2. The molecule has 7 heteroatoms. The summed E-state index contributed by atoms with van der Waals surface area (Å²) in [6.07, 6.45) is 0.475. The molecule has 2 fully saturated rings. The Labute approximate surface area is 119 Å². The lowest BCUT2D eigenvalue weighted by Gasteiger charge is -2.38. The van der Waals surface area contributed by atoms with Gasteiger partial charge in [-0.2, -0.15) is 11.8 Å². The second-order valence-corrected chi connectivity index (χ2v) is 9.72. The molecule has 0 aromatic heterocycles. The highest BCUT2D eigenvalue weighted by Gasteiger charge is 2.41. The summed E-state index contributed by atoms with van der Waals surface area (Å²) in [7, 11) is -3.07. The normalized spacial score (nSPS) is 30.0. The van der Waals surface area contributed by atoms with Crippen LogP contribution in [0.15, 0.2) is 0 Å². The summed E-state index contributed by atoms with van der Waals surface area (Å²) in [6, 6.07) is 0.230. The van der Waals surface area contributed by atoms with Gasteiger partial charge < -0.3 is 10.2 Å². The molecule has 19 heavy (non-hydrogen) atoms. The summed E-state index contributed by atoms with van der Waals surface area (Å²) in [4.78, 5) is 14.0. The monoisotopic (exact) mass is 306 g/mol. The minimum atomic E-state index is -3.07. The molecule has 1 N–H and O–H groups in total. The molecule has 110 valence electrons. The number of hydrogen-bond acceptors (Lipinski definition) is 5. The molecule has 0 aliphatic carbocycles. The topological polar surface area (TPSA) is 66.5 Å². The molecule has 0 spiro atoms. The molecule has 0 bridgehead atoms. The van der Waals surface area contributed by atoms with E-state index in [4.69, 9.17) is 0 Å². The summed E-state index contributed by atoms with van der Waals surface area (Å²) in [5.74, 6) is 2.21. The number of nitrogens with zero attached hydrogens (tertiary/aromatic N) is 1. The van der Waals surface area contributed by atoms with Crippen molar-refractivity contribution >= 4 is 27.5 Å². The van der Waals surface area contributed by atoms with Crippen molar-refractivity contribution in [2.45, 2.75) is 31.1 Å².